The number of aromatic nitrogens is 2. The molecule has 0 aromatic carbocycles. The Morgan fingerprint density at radius 3 is 2.80 bits per heavy atom. The number of carbonyl (C=O) groups is 1. The van der Waals surface area contributed by atoms with Crippen molar-refractivity contribution < 1.29 is 9.63 Å². The van der Waals surface area contributed by atoms with Gasteiger partial charge in [-0.15, -0.1) is 0 Å². The fourth-order valence-corrected chi connectivity index (χ4v) is 0.976. The molecule has 82 valence electrons. The Bertz CT molecular complexity index is 419. The Morgan fingerprint density at radius 2 is 2.20 bits per heavy atom. The van der Waals surface area contributed by atoms with Gasteiger partial charge in [-0.1, -0.05) is 0 Å². The van der Waals surface area contributed by atoms with Crippen LogP contribution in [-0.4, -0.2) is 22.5 Å². The largest absolute Gasteiger partial charge is 0.325 e. The summed E-state index contributed by atoms with van der Waals surface area (Å²) in [5.41, 5.74) is 1.20. The molecule has 0 saturated heterocycles. The average molecular weight is 213 g/mol. The monoisotopic (exact) mass is 213 g/mol. The minimum atomic E-state index is -0.637. The van der Waals surface area contributed by atoms with Gasteiger partial charge in [0.1, 0.15) is 0 Å². The van der Waals surface area contributed by atoms with Crippen LogP contribution in [0.4, 0.5) is 0 Å². The standard InChI is InChI=1S/C8H11N3O4/c1-2-15-11-7(13)4-5-3-6(12)10-8(14)9-5/h3H,2,4H2,1H3,(H,11,13)(H2,9,10,12,14). The van der Waals surface area contributed by atoms with Crippen LogP contribution >= 0.6 is 0 Å². The molecule has 1 aromatic rings. The molecule has 0 radical (unpaired) electrons. The number of rotatable bonds is 4. The first-order valence-corrected chi connectivity index (χ1v) is 4.35. The summed E-state index contributed by atoms with van der Waals surface area (Å²) in [7, 11) is 0. The molecule has 0 bridgehead atoms. The Balaban J connectivity index is 2.68. The molecular weight excluding hydrogens is 202 g/mol. The van der Waals surface area contributed by atoms with E-state index in [1.54, 1.807) is 6.92 Å². The first-order valence-electron chi connectivity index (χ1n) is 4.35. The summed E-state index contributed by atoms with van der Waals surface area (Å²) in [6, 6.07) is 1.15. The molecule has 0 spiro atoms. The predicted octanol–water partition coefficient (Wildman–Crippen LogP) is -1.33. The van der Waals surface area contributed by atoms with E-state index in [9.17, 15) is 14.4 Å². The van der Waals surface area contributed by atoms with Crippen LogP contribution < -0.4 is 16.7 Å². The van der Waals surface area contributed by atoms with Crippen LogP contribution in [-0.2, 0) is 16.1 Å². The van der Waals surface area contributed by atoms with Crippen LogP contribution in [0.2, 0.25) is 0 Å². The Hall–Kier alpha value is -1.89. The molecule has 0 aliphatic heterocycles. The second-order valence-corrected chi connectivity index (χ2v) is 2.75. The third kappa shape index (κ3) is 3.77. The second kappa shape index (κ2) is 5.11. The molecule has 0 aliphatic rings. The number of hydroxylamine groups is 1. The van der Waals surface area contributed by atoms with Gasteiger partial charge in [0, 0.05) is 11.8 Å². The lowest BCUT2D eigenvalue weighted by Crippen LogP contribution is -2.29. The molecule has 0 aliphatic carbocycles. The van der Waals surface area contributed by atoms with E-state index < -0.39 is 17.2 Å². The normalized spacial score (nSPS) is 9.93. The van der Waals surface area contributed by atoms with Crippen molar-refractivity contribution in [1.29, 1.82) is 0 Å². The van der Waals surface area contributed by atoms with Crippen LogP contribution in [0.25, 0.3) is 0 Å². The summed E-state index contributed by atoms with van der Waals surface area (Å²) in [6.07, 6.45) is -0.112. The van der Waals surface area contributed by atoms with Gasteiger partial charge >= 0.3 is 5.69 Å². The fourth-order valence-electron chi connectivity index (χ4n) is 0.976. The highest BCUT2D eigenvalue weighted by molar-refractivity contribution is 5.76. The predicted molar refractivity (Wildman–Crippen MR) is 51.2 cm³/mol. The van der Waals surface area contributed by atoms with Gasteiger partial charge in [0.25, 0.3) is 5.56 Å². The third-order valence-corrected chi connectivity index (χ3v) is 1.50. The van der Waals surface area contributed by atoms with E-state index in [0.29, 0.717) is 6.61 Å². The highest BCUT2D eigenvalue weighted by Gasteiger charge is 2.04. The third-order valence-electron chi connectivity index (χ3n) is 1.50. The molecule has 7 nitrogen and oxygen atoms in total. The summed E-state index contributed by atoms with van der Waals surface area (Å²) in [5.74, 6) is -0.432. The Labute approximate surface area is 84.4 Å². The zero-order chi connectivity index (χ0) is 11.3. The van der Waals surface area contributed by atoms with Gasteiger partial charge in [-0.2, -0.15) is 0 Å². The van der Waals surface area contributed by atoms with Crippen LogP contribution in [0, 0.1) is 0 Å². The maximum atomic E-state index is 11.1. The molecular formula is C8H11N3O4. The topological polar surface area (TPSA) is 104 Å². The lowest BCUT2D eigenvalue weighted by molar-refractivity contribution is -0.132. The first kappa shape index (κ1) is 11.2. The molecule has 15 heavy (non-hydrogen) atoms. The minimum absolute atomic E-state index is 0.112. The smallest absolute Gasteiger partial charge is 0.311 e. The fraction of sp³-hybridized carbons (Fsp3) is 0.375. The van der Waals surface area contributed by atoms with E-state index in [-0.39, 0.29) is 12.1 Å². The number of nitrogens with one attached hydrogen (secondary N) is 3. The number of H-pyrrole nitrogens is 2. The molecule has 1 aromatic heterocycles. The van der Waals surface area contributed by atoms with E-state index in [4.69, 9.17) is 0 Å². The van der Waals surface area contributed by atoms with Gasteiger partial charge in [-0.25, -0.2) is 10.3 Å². The lowest BCUT2D eigenvalue weighted by atomic mass is 10.3. The average Bonchev–Trinajstić information content (AvgIpc) is 2.13. The van der Waals surface area contributed by atoms with Crippen molar-refractivity contribution in [3.05, 3.63) is 32.6 Å². The number of hydrogen-bond donors (Lipinski definition) is 3. The maximum Gasteiger partial charge on any atom is 0.325 e. The number of aromatic amines is 2. The van der Waals surface area contributed by atoms with Crippen LogP contribution in [0.5, 0.6) is 0 Å². The number of carbonyl (C=O) groups excluding carboxylic acids is 1. The van der Waals surface area contributed by atoms with E-state index >= 15 is 0 Å². The van der Waals surface area contributed by atoms with Crippen molar-refractivity contribution >= 4 is 5.91 Å². The molecule has 1 heterocycles. The molecule has 7 heteroatoms. The highest BCUT2D eigenvalue weighted by atomic mass is 16.6. The van der Waals surface area contributed by atoms with Gasteiger partial charge < -0.3 is 4.98 Å². The van der Waals surface area contributed by atoms with E-state index in [0.717, 1.165) is 6.07 Å². The summed E-state index contributed by atoms with van der Waals surface area (Å²) in [6.45, 7) is 2.06. The van der Waals surface area contributed by atoms with Crippen molar-refractivity contribution in [3.8, 4) is 0 Å². The summed E-state index contributed by atoms with van der Waals surface area (Å²) in [5, 5.41) is 0. The first-order chi connectivity index (χ1) is 7.11. The second-order valence-electron chi connectivity index (χ2n) is 2.75. The Morgan fingerprint density at radius 1 is 1.47 bits per heavy atom. The van der Waals surface area contributed by atoms with Crippen molar-refractivity contribution in [2.45, 2.75) is 13.3 Å². The van der Waals surface area contributed by atoms with E-state index in [1.165, 1.54) is 0 Å². The van der Waals surface area contributed by atoms with Gasteiger partial charge in [0.05, 0.1) is 13.0 Å². The summed E-state index contributed by atoms with van der Waals surface area (Å²) < 4.78 is 0. The molecule has 1 rings (SSSR count). The van der Waals surface area contributed by atoms with Crippen molar-refractivity contribution in [2.24, 2.45) is 0 Å². The lowest BCUT2D eigenvalue weighted by Gasteiger charge is -2.02. The van der Waals surface area contributed by atoms with Crippen molar-refractivity contribution in [2.75, 3.05) is 6.61 Å². The molecule has 0 fully saturated rings. The number of amides is 1. The van der Waals surface area contributed by atoms with Crippen LogP contribution in [0.3, 0.4) is 0 Å². The zero-order valence-corrected chi connectivity index (χ0v) is 8.12. The van der Waals surface area contributed by atoms with Crippen molar-refractivity contribution in [1.82, 2.24) is 15.4 Å². The molecule has 1 amide bonds. The van der Waals surface area contributed by atoms with Gasteiger partial charge in [-0.3, -0.25) is 19.4 Å². The van der Waals surface area contributed by atoms with Crippen LogP contribution in [0.15, 0.2) is 15.7 Å². The molecule has 0 unspecified atom stereocenters. The molecule has 0 saturated carbocycles. The minimum Gasteiger partial charge on any atom is -0.311 e. The maximum absolute atomic E-state index is 11.1. The summed E-state index contributed by atoms with van der Waals surface area (Å²) >= 11 is 0. The number of hydrogen-bond acceptors (Lipinski definition) is 4. The van der Waals surface area contributed by atoms with Crippen LogP contribution in [0.1, 0.15) is 12.6 Å². The highest BCUT2D eigenvalue weighted by Crippen LogP contribution is 1.87. The molecule has 0 atom stereocenters. The van der Waals surface area contributed by atoms with Gasteiger partial charge in [0.2, 0.25) is 5.91 Å². The van der Waals surface area contributed by atoms with Crippen molar-refractivity contribution in [3.63, 3.8) is 0 Å². The quantitative estimate of drug-likeness (QED) is 0.539. The van der Waals surface area contributed by atoms with Gasteiger partial charge in [0.15, 0.2) is 0 Å². The summed E-state index contributed by atoms with van der Waals surface area (Å²) in [4.78, 5) is 41.8. The zero-order valence-electron chi connectivity index (χ0n) is 8.12. The van der Waals surface area contributed by atoms with E-state index in [2.05, 4.69) is 15.3 Å². The Kier molecular flexibility index (Phi) is 3.81. The molecule has 3 N–H and O–H groups in total. The SMILES string of the molecule is CCONC(=O)Cc1cc(=O)[nH]c(=O)[nH]1. The van der Waals surface area contributed by atoms with E-state index in [1.807, 2.05) is 4.98 Å². The van der Waals surface area contributed by atoms with Gasteiger partial charge in [-0.05, 0) is 6.92 Å².